The molecular weight excluding hydrogens is 244 g/mol. The van der Waals surface area contributed by atoms with E-state index in [1.165, 1.54) is 56.4 Å². The fourth-order valence-electron chi connectivity index (χ4n) is 5.05. The Morgan fingerprint density at radius 3 is 3.00 bits per heavy atom. The molecule has 0 saturated carbocycles. The molecule has 3 aliphatic heterocycles. The number of piperidine rings is 1. The molecule has 1 aromatic heterocycles. The molecule has 0 N–H and O–H groups in total. The Kier molecular flexibility index (Phi) is 2.21. The van der Waals surface area contributed by atoms with Crippen molar-refractivity contribution in [3.63, 3.8) is 0 Å². The highest BCUT2D eigenvalue weighted by atomic mass is 15.2. The zero-order chi connectivity index (χ0) is 13.3. The number of rotatable bonds is 0. The first-order valence-corrected chi connectivity index (χ1v) is 8.18. The number of hydrogen-bond acceptors (Lipinski definition) is 1. The molecule has 0 bridgehead atoms. The summed E-state index contributed by atoms with van der Waals surface area (Å²) in [6, 6.07) is 7.79. The minimum absolute atomic E-state index is 0.731. The zero-order valence-corrected chi connectivity index (χ0v) is 12.2. The van der Waals surface area contributed by atoms with E-state index < -0.39 is 0 Å². The van der Waals surface area contributed by atoms with Crippen LogP contribution in [-0.4, -0.2) is 22.6 Å². The molecule has 2 atom stereocenters. The van der Waals surface area contributed by atoms with Crippen LogP contribution in [0.5, 0.6) is 0 Å². The van der Waals surface area contributed by atoms with E-state index in [9.17, 15) is 0 Å². The second-order valence-electron chi connectivity index (χ2n) is 6.96. The van der Waals surface area contributed by atoms with Crippen LogP contribution in [0.2, 0.25) is 0 Å². The molecule has 0 amide bonds. The van der Waals surface area contributed by atoms with Gasteiger partial charge in [-0.05, 0) is 62.8 Å². The van der Waals surface area contributed by atoms with Crippen LogP contribution < -0.4 is 0 Å². The van der Waals surface area contributed by atoms with Crippen molar-refractivity contribution in [2.24, 2.45) is 5.92 Å². The Balaban J connectivity index is 1.82. The molecule has 0 aliphatic carbocycles. The number of aryl methyl sites for hydroxylation is 2. The Hall–Kier alpha value is -1.28. The smallest absolute Gasteiger partial charge is 0.0532 e. The van der Waals surface area contributed by atoms with Crippen molar-refractivity contribution in [1.29, 1.82) is 0 Å². The zero-order valence-electron chi connectivity index (χ0n) is 12.2. The van der Waals surface area contributed by atoms with Crippen LogP contribution >= 0.6 is 0 Å². The van der Waals surface area contributed by atoms with Crippen LogP contribution in [0.1, 0.15) is 42.1 Å². The molecule has 0 spiro atoms. The number of fused-ring (bicyclic) bond motifs is 3. The predicted molar refractivity (Wildman–Crippen MR) is 82.0 cm³/mol. The van der Waals surface area contributed by atoms with Crippen molar-refractivity contribution >= 4 is 10.9 Å². The molecule has 4 heterocycles. The molecule has 1 saturated heterocycles. The molecule has 2 heteroatoms. The summed E-state index contributed by atoms with van der Waals surface area (Å²) >= 11 is 0. The van der Waals surface area contributed by atoms with Gasteiger partial charge in [0.25, 0.3) is 0 Å². The molecule has 1 aromatic carbocycles. The molecule has 5 rings (SSSR count). The summed E-state index contributed by atoms with van der Waals surface area (Å²) in [4.78, 5) is 2.78. The SMILES string of the molecule is Cc1ccc2c(c1)c1c3n2CC[C@H]2CCCN(CC1)[C@@H]32. The lowest BCUT2D eigenvalue weighted by atomic mass is 9.79. The van der Waals surface area contributed by atoms with E-state index >= 15 is 0 Å². The van der Waals surface area contributed by atoms with Gasteiger partial charge in [0.2, 0.25) is 0 Å². The van der Waals surface area contributed by atoms with Crippen molar-refractivity contribution in [3.05, 3.63) is 35.0 Å². The van der Waals surface area contributed by atoms with Crippen molar-refractivity contribution < 1.29 is 0 Å². The van der Waals surface area contributed by atoms with Crippen molar-refractivity contribution in [3.8, 4) is 0 Å². The van der Waals surface area contributed by atoms with E-state index in [0.29, 0.717) is 0 Å². The lowest BCUT2D eigenvalue weighted by Crippen LogP contribution is -2.46. The molecular formula is C18H22N2. The fourth-order valence-corrected chi connectivity index (χ4v) is 5.05. The van der Waals surface area contributed by atoms with Gasteiger partial charge in [0.15, 0.2) is 0 Å². The minimum atomic E-state index is 0.731. The van der Waals surface area contributed by atoms with Crippen LogP contribution in [0.25, 0.3) is 10.9 Å². The van der Waals surface area contributed by atoms with Crippen molar-refractivity contribution in [1.82, 2.24) is 9.47 Å². The number of aromatic nitrogens is 1. The van der Waals surface area contributed by atoms with E-state index in [1.54, 1.807) is 16.6 Å². The number of benzene rings is 1. The maximum Gasteiger partial charge on any atom is 0.0532 e. The average molecular weight is 266 g/mol. The maximum absolute atomic E-state index is 2.78. The Morgan fingerprint density at radius 2 is 2.05 bits per heavy atom. The van der Waals surface area contributed by atoms with E-state index in [1.807, 2.05) is 0 Å². The lowest BCUT2D eigenvalue weighted by molar-refractivity contribution is 0.0577. The molecule has 0 radical (unpaired) electrons. The summed E-state index contributed by atoms with van der Waals surface area (Å²) in [6.07, 6.45) is 5.49. The first-order valence-electron chi connectivity index (χ1n) is 8.18. The number of hydrogen-bond donors (Lipinski definition) is 0. The first-order chi connectivity index (χ1) is 9.83. The third-order valence-corrected chi connectivity index (χ3v) is 5.88. The molecule has 0 unspecified atom stereocenters. The monoisotopic (exact) mass is 266 g/mol. The summed E-state index contributed by atoms with van der Waals surface area (Å²) in [5.41, 5.74) is 6.26. The van der Waals surface area contributed by atoms with Gasteiger partial charge in [-0.15, -0.1) is 0 Å². The first kappa shape index (κ1) is 11.4. The summed E-state index contributed by atoms with van der Waals surface area (Å²) in [5.74, 6) is 0.917. The van der Waals surface area contributed by atoms with Crippen LogP contribution in [0, 0.1) is 12.8 Å². The van der Waals surface area contributed by atoms with Crippen LogP contribution in [0.4, 0.5) is 0 Å². The van der Waals surface area contributed by atoms with E-state index in [0.717, 1.165) is 12.0 Å². The lowest BCUT2D eigenvalue weighted by Gasteiger charge is -2.47. The van der Waals surface area contributed by atoms with E-state index in [4.69, 9.17) is 0 Å². The highest BCUT2D eigenvalue weighted by molar-refractivity contribution is 5.87. The van der Waals surface area contributed by atoms with Gasteiger partial charge in [0.05, 0.1) is 6.04 Å². The van der Waals surface area contributed by atoms with Gasteiger partial charge in [-0.3, -0.25) is 4.90 Å². The standard InChI is InChI=1S/C18H22N2/c1-12-4-5-16-15(11-12)14-7-9-19-8-2-3-13-6-10-20(16)18(14)17(13)19/h4-5,11,13,17H,2-3,6-10H2,1H3/t13-,17-/m1/s1. The van der Waals surface area contributed by atoms with Gasteiger partial charge in [0.1, 0.15) is 0 Å². The molecule has 1 fully saturated rings. The molecule has 20 heavy (non-hydrogen) atoms. The maximum atomic E-state index is 2.78. The largest absolute Gasteiger partial charge is 0.343 e. The Labute approximate surface area is 120 Å². The third-order valence-electron chi connectivity index (χ3n) is 5.88. The molecule has 2 nitrogen and oxygen atoms in total. The van der Waals surface area contributed by atoms with Crippen LogP contribution in [0.3, 0.4) is 0 Å². The second-order valence-corrected chi connectivity index (χ2v) is 6.96. The summed E-state index contributed by atoms with van der Waals surface area (Å²) < 4.78 is 2.66. The summed E-state index contributed by atoms with van der Waals surface area (Å²) in [5, 5.41) is 1.55. The predicted octanol–water partition coefficient (Wildman–Crippen LogP) is 3.66. The summed E-state index contributed by atoms with van der Waals surface area (Å²) in [7, 11) is 0. The summed E-state index contributed by atoms with van der Waals surface area (Å²) in [6.45, 7) is 6.06. The van der Waals surface area contributed by atoms with E-state index in [-0.39, 0.29) is 0 Å². The van der Waals surface area contributed by atoms with Crippen LogP contribution in [0.15, 0.2) is 18.2 Å². The third kappa shape index (κ3) is 1.33. The van der Waals surface area contributed by atoms with E-state index in [2.05, 4.69) is 34.6 Å². The van der Waals surface area contributed by atoms with Gasteiger partial charge in [-0.25, -0.2) is 0 Å². The van der Waals surface area contributed by atoms with Gasteiger partial charge >= 0.3 is 0 Å². The normalized spacial score (nSPS) is 28.6. The van der Waals surface area contributed by atoms with Crippen molar-refractivity contribution in [2.75, 3.05) is 13.1 Å². The molecule has 104 valence electrons. The Morgan fingerprint density at radius 1 is 1.10 bits per heavy atom. The topological polar surface area (TPSA) is 8.17 Å². The van der Waals surface area contributed by atoms with Gasteiger partial charge < -0.3 is 4.57 Å². The molecule has 2 aromatic rings. The van der Waals surface area contributed by atoms with Crippen molar-refractivity contribution in [2.45, 2.75) is 45.2 Å². The highest BCUT2D eigenvalue weighted by Crippen LogP contribution is 2.48. The second kappa shape index (κ2) is 3.88. The van der Waals surface area contributed by atoms with Gasteiger partial charge in [0, 0.05) is 29.7 Å². The Bertz CT molecular complexity index is 691. The minimum Gasteiger partial charge on any atom is -0.343 e. The van der Waals surface area contributed by atoms with Crippen LogP contribution in [-0.2, 0) is 13.0 Å². The quantitative estimate of drug-likeness (QED) is 0.706. The fraction of sp³-hybridized carbons (Fsp3) is 0.556. The highest BCUT2D eigenvalue weighted by Gasteiger charge is 2.41. The average Bonchev–Trinajstić information content (AvgIpc) is 2.80. The van der Waals surface area contributed by atoms with Gasteiger partial charge in [-0.2, -0.15) is 0 Å². The van der Waals surface area contributed by atoms with Gasteiger partial charge in [-0.1, -0.05) is 11.6 Å². The molecule has 3 aliphatic rings. The number of nitrogens with zero attached hydrogens (tertiary/aromatic N) is 2.